The number of methoxy groups -OCH3 is 1. The van der Waals surface area contributed by atoms with Gasteiger partial charge in [0.05, 0.1) is 13.5 Å². The van der Waals surface area contributed by atoms with Crippen LogP contribution in [-0.4, -0.2) is 44.2 Å². The van der Waals surface area contributed by atoms with Crippen molar-refractivity contribution in [2.75, 3.05) is 27.2 Å². The van der Waals surface area contributed by atoms with Crippen LogP contribution in [-0.2, 0) is 9.53 Å². The SMILES string of the molecule is CCCC1CCC(CN)C(N(C)CCC(=O)OC)C1. The Balaban J connectivity index is 2.51. The van der Waals surface area contributed by atoms with Gasteiger partial charge in [0.25, 0.3) is 0 Å². The Morgan fingerprint density at radius 3 is 2.74 bits per heavy atom. The molecule has 3 unspecified atom stereocenters. The second kappa shape index (κ2) is 8.54. The molecule has 2 N–H and O–H groups in total. The van der Waals surface area contributed by atoms with Crippen LogP contribution in [0.4, 0.5) is 0 Å². The summed E-state index contributed by atoms with van der Waals surface area (Å²) in [6, 6.07) is 0.528. The van der Waals surface area contributed by atoms with Crippen molar-refractivity contribution in [3.8, 4) is 0 Å². The molecule has 0 aromatic rings. The zero-order valence-corrected chi connectivity index (χ0v) is 12.7. The quantitative estimate of drug-likeness (QED) is 0.719. The zero-order valence-electron chi connectivity index (χ0n) is 12.7. The number of nitrogens with two attached hydrogens (primary N) is 1. The molecule has 4 heteroatoms. The molecule has 0 heterocycles. The second-order valence-electron chi connectivity index (χ2n) is 5.84. The van der Waals surface area contributed by atoms with Gasteiger partial charge in [-0.1, -0.05) is 26.2 Å². The Hall–Kier alpha value is -0.610. The maximum absolute atomic E-state index is 11.2. The first-order valence-corrected chi connectivity index (χ1v) is 7.59. The van der Waals surface area contributed by atoms with Crippen molar-refractivity contribution < 1.29 is 9.53 Å². The molecule has 0 bridgehead atoms. The molecule has 1 rings (SSSR count). The topological polar surface area (TPSA) is 55.6 Å². The number of ether oxygens (including phenoxy) is 1. The molecule has 0 saturated heterocycles. The third-order valence-electron chi connectivity index (χ3n) is 4.53. The van der Waals surface area contributed by atoms with Crippen molar-refractivity contribution in [3.05, 3.63) is 0 Å². The highest BCUT2D eigenvalue weighted by Crippen LogP contribution is 2.33. The molecular formula is C15H30N2O2. The van der Waals surface area contributed by atoms with Gasteiger partial charge in [-0.25, -0.2) is 0 Å². The summed E-state index contributed by atoms with van der Waals surface area (Å²) in [6.07, 6.45) is 6.83. The number of carbonyl (C=O) groups excluding carboxylic acids is 1. The molecule has 112 valence electrons. The monoisotopic (exact) mass is 270 g/mol. The van der Waals surface area contributed by atoms with E-state index in [4.69, 9.17) is 10.5 Å². The fraction of sp³-hybridized carbons (Fsp3) is 0.933. The summed E-state index contributed by atoms with van der Waals surface area (Å²) < 4.78 is 4.71. The molecule has 1 saturated carbocycles. The lowest BCUT2D eigenvalue weighted by Crippen LogP contribution is -2.45. The molecule has 3 atom stereocenters. The summed E-state index contributed by atoms with van der Waals surface area (Å²) >= 11 is 0. The Kier molecular flexibility index (Phi) is 7.39. The minimum atomic E-state index is -0.128. The fourth-order valence-corrected chi connectivity index (χ4v) is 3.31. The molecule has 0 aromatic carbocycles. The van der Waals surface area contributed by atoms with Gasteiger partial charge in [-0.15, -0.1) is 0 Å². The summed E-state index contributed by atoms with van der Waals surface area (Å²) in [5, 5.41) is 0. The Labute approximate surface area is 117 Å². The fourth-order valence-electron chi connectivity index (χ4n) is 3.31. The summed E-state index contributed by atoms with van der Waals surface area (Å²) in [4.78, 5) is 13.6. The summed E-state index contributed by atoms with van der Waals surface area (Å²) in [6.45, 7) is 3.78. The van der Waals surface area contributed by atoms with Gasteiger partial charge >= 0.3 is 5.97 Å². The van der Waals surface area contributed by atoms with Crippen LogP contribution in [0.25, 0.3) is 0 Å². The van der Waals surface area contributed by atoms with Crippen molar-refractivity contribution in [3.63, 3.8) is 0 Å². The van der Waals surface area contributed by atoms with Crippen molar-refractivity contribution >= 4 is 5.97 Å². The molecule has 19 heavy (non-hydrogen) atoms. The standard InChI is InChI=1S/C15H30N2O2/c1-4-5-12-6-7-13(11-16)14(10-12)17(2)9-8-15(18)19-3/h12-14H,4-11,16H2,1-3H3. The lowest BCUT2D eigenvalue weighted by molar-refractivity contribution is -0.141. The van der Waals surface area contributed by atoms with E-state index in [2.05, 4.69) is 18.9 Å². The smallest absolute Gasteiger partial charge is 0.306 e. The van der Waals surface area contributed by atoms with Crippen LogP contribution in [0.15, 0.2) is 0 Å². The first-order valence-electron chi connectivity index (χ1n) is 7.59. The molecule has 1 fully saturated rings. The first-order chi connectivity index (χ1) is 9.12. The van der Waals surface area contributed by atoms with E-state index < -0.39 is 0 Å². The minimum absolute atomic E-state index is 0.128. The summed E-state index contributed by atoms with van der Waals surface area (Å²) in [5.74, 6) is 1.28. The van der Waals surface area contributed by atoms with Gasteiger partial charge in [-0.3, -0.25) is 4.79 Å². The molecule has 0 aliphatic heterocycles. The van der Waals surface area contributed by atoms with Gasteiger partial charge in [0.1, 0.15) is 0 Å². The number of rotatable bonds is 7. The molecule has 0 radical (unpaired) electrons. The van der Waals surface area contributed by atoms with Gasteiger partial charge in [0, 0.05) is 12.6 Å². The van der Waals surface area contributed by atoms with E-state index in [0.717, 1.165) is 19.0 Å². The Morgan fingerprint density at radius 1 is 1.42 bits per heavy atom. The molecule has 0 spiro atoms. The van der Waals surface area contributed by atoms with Crippen molar-refractivity contribution in [2.24, 2.45) is 17.6 Å². The number of hydrogen-bond acceptors (Lipinski definition) is 4. The second-order valence-corrected chi connectivity index (χ2v) is 5.84. The molecule has 1 aliphatic carbocycles. The maximum Gasteiger partial charge on any atom is 0.306 e. The van der Waals surface area contributed by atoms with Crippen LogP contribution in [0.5, 0.6) is 0 Å². The van der Waals surface area contributed by atoms with Gasteiger partial charge in [0.15, 0.2) is 0 Å². The van der Waals surface area contributed by atoms with Gasteiger partial charge in [-0.2, -0.15) is 0 Å². The molecular weight excluding hydrogens is 240 g/mol. The normalized spacial score (nSPS) is 27.5. The average molecular weight is 270 g/mol. The van der Waals surface area contributed by atoms with Crippen LogP contribution in [0, 0.1) is 11.8 Å². The molecule has 0 amide bonds. The van der Waals surface area contributed by atoms with E-state index >= 15 is 0 Å². The highest BCUT2D eigenvalue weighted by Gasteiger charge is 2.31. The van der Waals surface area contributed by atoms with Gasteiger partial charge in [0.2, 0.25) is 0 Å². The predicted octanol–water partition coefficient (Wildman–Crippen LogP) is 2.02. The van der Waals surface area contributed by atoms with E-state index in [-0.39, 0.29) is 5.97 Å². The van der Waals surface area contributed by atoms with Crippen LogP contribution < -0.4 is 5.73 Å². The van der Waals surface area contributed by atoms with Crippen LogP contribution in [0.3, 0.4) is 0 Å². The summed E-state index contributed by atoms with van der Waals surface area (Å²) in [7, 11) is 3.56. The third kappa shape index (κ3) is 5.11. The zero-order chi connectivity index (χ0) is 14.3. The number of nitrogens with zero attached hydrogens (tertiary/aromatic N) is 1. The third-order valence-corrected chi connectivity index (χ3v) is 4.53. The largest absolute Gasteiger partial charge is 0.469 e. The molecule has 4 nitrogen and oxygen atoms in total. The van der Waals surface area contributed by atoms with E-state index in [0.29, 0.717) is 18.4 Å². The van der Waals surface area contributed by atoms with Crippen LogP contribution >= 0.6 is 0 Å². The lowest BCUT2D eigenvalue weighted by Gasteiger charge is -2.41. The van der Waals surface area contributed by atoms with Crippen molar-refractivity contribution in [1.29, 1.82) is 0 Å². The summed E-state index contributed by atoms with van der Waals surface area (Å²) in [5.41, 5.74) is 5.91. The van der Waals surface area contributed by atoms with Crippen molar-refractivity contribution in [2.45, 2.75) is 51.5 Å². The van der Waals surface area contributed by atoms with E-state index in [1.54, 1.807) is 0 Å². The van der Waals surface area contributed by atoms with E-state index in [9.17, 15) is 4.79 Å². The average Bonchev–Trinajstić information content (AvgIpc) is 2.44. The van der Waals surface area contributed by atoms with Gasteiger partial charge < -0.3 is 15.4 Å². The Morgan fingerprint density at radius 2 is 2.16 bits per heavy atom. The highest BCUT2D eigenvalue weighted by molar-refractivity contribution is 5.69. The first kappa shape index (κ1) is 16.4. The maximum atomic E-state index is 11.2. The number of carbonyl (C=O) groups is 1. The Bertz CT molecular complexity index is 271. The van der Waals surface area contributed by atoms with Crippen LogP contribution in [0.1, 0.15) is 45.4 Å². The predicted molar refractivity (Wildman–Crippen MR) is 77.8 cm³/mol. The molecule has 0 aromatic heterocycles. The number of hydrogen-bond donors (Lipinski definition) is 1. The highest BCUT2D eigenvalue weighted by atomic mass is 16.5. The minimum Gasteiger partial charge on any atom is -0.469 e. The number of esters is 1. The van der Waals surface area contributed by atoms with Crippen molar-refractivity contribution in [1.82, 2.24) is 4.90 Å². The van der Waals surface area contributed by atoms with Gasteiger partial charge in [-0.05, 0) is 38.3 Å². The van der Waals surface area contributed by atoms with E-state index in [1.165, 1.54) is 39.2 Å². The molecule has 1 aliphatic rings. The van der Waals surface area contributed by atoms with Crippen LogP contribution in [0.2, 0.25) is 0 Å². The lowest BCUT2D eigenvalue weighted by atomic mass is 9.76. The van der Waals surface area contributed by atoms with E-state index in [1.807, 2.05) is 0 Å².